The molecule has 0 aliphatic carbocycles. The third kappa shape index (κ3) is 2.49. The molecule has 1 aliphatic rings. The van der Waals surface area contributed by atoms with E-state index in [9.17, 15) is 4.79 Å². The number of fused-ring (bicyclic) bond motifs is 1. The van der Waals surface area contributed by atoms with E-state index in [4.69, 9.17) is 20.8 Å². The van der Waals surface area contributed by atoms with Crippen molar-refractivity contribution in [1.29, 1.82) is 0 Å². The Labute approximate surface area is 127 Å². The predicted molar refractivity (Wildman–Crippen MR) is 79.1 cm³/mol. The lowest BCUT2D eigenvalue weighted by molar-refractivity contribution is 0.0956. The summed E-state index contributed by atoms with van der Waals surface area (Å²) in [5.41, 5.74) is 0.957. The van der Waals surface area contributed by atoms with E-state index in [0.717, 1.165) is 0 Å². The van der Waals surface area contributed by atoms with Gasteiger partial charge in [0.2, 0.25) is 0 Å². The molecule has 110 valence electrons. The van der Waals surface area contributed by atoms with E-state index in [1.54, 1.807) is 17.0 Å². The highest BCUT2D eigenvalue weighted by Gasteiger charge is 2.31. The van der Waals surface area contributed by atoms with Crippen molar-refractivity contribution in [2.45, 2.75) is 26.4 Å². The van der Waals surface area contributed by atoms with E-state index >= 15 is 0 Å². The van der Waals surface area contributed by atoms with Crippen molar-refractivity contribution in [2.24, 2.45) is 0 Å². The van der Waals surface area contributed by atoms with Crippen LogP contribution in [-0.2, 0) is 6.42 Å². The summed E-state index contributed by atoms with van der Waals surface area (Å²) in [5.74, 6) is 0.869. The normalized spacial score (nSPS) is 17.3. The first-order chi connectivity index (χ1) is 10.1. The largest absolute Gasteiger partial charge is 0.485 e. The molecule has 0 fully saturated rings. The summed E-state index contributed by atoms with van der Waals surface area (Å²) in [6, 6.07) is 5.35. The molecule has 21 heavy (non-hydrogen) atoms. The van der Waals surface area contributed by atoms with Gasteiger partial charge in [-0.25, -0.2) is 4.98 Å². The average Bonchev–Trinajstić information content (AvgIpc) is 2.96. The van der Waals surface area contributed by atoms with Crippen LogP contribution in [0.15, 0.2) is 28.9 Å². The molecule has 5 nitrogen and oxygen atoms in total. The Kier molecular flexibility index (Phi) is 3.59. The fourth-order valence-electron chi connectivity index (χ4n) is 2.32. The molecule has 1 aromatic carbocycles. The topological polar surface area (TPSA) is 55.6 Å². The second kappa shape index (κ2) is 5.41. The first-order valence-electron chi connectivity index (χ1n) is 6.81. The Hall–Kier alpha value is -2.01. The van der Waals surface area contributed by atoms with Crippen LogP contribution in [0.3, 0.4) is 0 Å². The minimum Gasteiger partial charge on any atom is -0.485 e. The zero-order valence-electron chi connectivity index (χ0n) is 11.8. The van der Waals surface area contributed by atoms with E-state index in [-0.39, 0.29) is 12.0 Å². The minimum atomic E-state index is -0.211. The average molecular weight is 307 g/mol. The SMILES string of the molecule is CCc1nc(C(=O)N2C[C@@H](C)Oc3c(Cl)cccc32)co1. The second-order valence-corrected chi connectivity index (χ2v) is 5.32. The first-order valence-corrected chi connectivity index (χ1v) is 7.19. The lowest BCUT2D eigenvalue weighted by atomic mass is 10.2. The third-order valence-electron chi connectivity index (χ3n) is 3.31. The zero-order valence-corrected chi connectivity index (χ0v) is 12.6. The van der Waals surface area contributed by atoms with Gasteiger partial charge in [-0.15, -0.1) is 0 Å². The Morgan fingerprint density at radius 1 is 1.52 bits per heavy atom. The van der Waals surface area contributed by atoms with Crippen molar-refractivity contribution in [3.8, 4) is 5.75 Å². The molecule has 0 bridgehead atoms. The minimum absolute atomic E-state index is 0.140. The molecule has 0 unspecified atom stereocenters. The number of para-hydroxylation sites is 1. The Balaban J connectivity index is 1.99. The molecule has 0 spiro atoms. The van der Waals surface area contributed by atoms with E-state index in [1.165, 1.54) is 6.26 Å². The summed E-state index contributed by atoms with van der Waals surface area (Å²) in [4.78, 5) is 18.5. The highest BCUT2D eigenvalue weighted by Crippen LogP contribution is 2.39. The van der Waals surface area contributed by atoms with Gasteiger partial charge < -0.3 is 9.15 Å². The molecule has 1 atom stereocenters. The molecule has 0 N–H and O–H groups in total. The smallest absolute Gasteiger partial charge is 0.280 e. The van der Waals surface area contributed by atoms with Crippen molar-refractivity contribution >= 4 is 23.2 Å². The van der Waals surface area contributed by atoms with E-state index < -0.39 is 0 Å². The molecule has 0 radical (unpaired) electrons. The lowest BCUT2D eigenvalue weighted by Gasteiger charge is -2.33. The number of anilines is 1. The number of aromatic nitrogens is 1. The molecule has 3 rings (SSSR count). The third-order valence-corrected chi connectivity index (χ3v) is 3.61. The van der Waals surface area contributed by atoms with Gasteiger partial charge in [-0.2, -0.15) is 0 Å². The van der Waals surface area contributed by atoms with E-state index in [1.807, 2.05) is 19.9 Å². The highest BCUT2D eigenvalue weighted by atomic mass is 35.5. The second-order valence-electron chi connectivity index (χ2n) is 4.91. The van der Waals surface area contributed by atoms with Gasteiger partial charge in [0.15, 0.2) is 17.3 Å². The zero-order chi connectivity index (χ0) is 15.0. The summed E-state index contributed by atoms with van der Waals surface area (Å²) in [5, 5.41) is 0.492. The Bertz CT molecular complexity index is 683. The summed E-state index contributed by atoms with van der Waals surface area (Å²) in [6.07, 6.45) is 1.90. The maximum absolute atomic E-state index is 12.7. The summed E-state index contributed by atoms with van der Waals surface area (Å²) < 4.78 is 11.0. The number of oxazole rings is 1. The van der Waals surface area contributed by atoms with Gasteiger partial charge in [0, 0.05) is 6.42 Å². The number of hydrogen-bond donors (Lipinski definition) is 0. The van der Waals surface area contributed by atoms with E-state index in [2.05, 4.69) is 4.98 Å². The molecule has 0 saturated heterocycles. The number of benzene rings is 1. The number of amides is 1. The molecule has 1 aliphatic heterocycles. The number of hydrogen-bond acceptors (Lipinski definition) is 4. The van der Waals surface area contributed by atoms with Crippen molar-refractivity contribution in [3.05, 3.63) is 41.1 Å². The van der Waals surface area contributed by atoms with Crippen molar-refractivity contribution in [2.75, 3.05) is 11.4 Å². The quantitative estimate of drug-likeness (QED) is 0.854. The maximum atomic E-state index is 12.7. The fraction of sp³-hybridized carbons (Fsp3) is 0.333. The standard InChI is InChI=1S/C15H15ClN2O3/c1-3-13-17-11(8-20-13)15(19)18-7-9(2)21-14-10(16)5-4-6-12(14)18/h4-6,8-9H,3,7H2,1-2H3/t9-/m1/s1. The molecular formula is C15H15ClN2O3. The summed E-state index contributed by atoms with van der Waals surface area (Å²) in [7, 11) is 0. The van der Waals surface area contributed by atoms with Gasteiger partial charge in [0.25, 0.3) is 5.91 Å². The van der Waals surface area contributed by atoms with Crippen LogP contribution in [0.5, 0.6) is 5.75 Å². The molecule has 0 saturated carbocycles. The van der Waals surface area contributed by atoms with Gasteiger partial charge in [-0.05, 0) is 19.1 Å². The predicted octanol–water partition coefficient (Wildman–Crippen LogP) is 3.32. The van der Waals surface area contributed by atoms with Crippen LogP contribution in [0.1, 0.15) is 30.2 Å². The number of rotatable bonds is 2. The van der Waals surface area contributed by atoms with Gasteiger partial charge in [0.05, 0.1) is 17.3 Å². The lowest BCUT2D eigenvalue weighted by Crippen LogP contribution is -2.42. The van der Waals surface area contributed by atoms with Gasteiger partial charge in [-0.1, -0.05) is 24.6 Å². The summed E-state index contributed by atoms with van der Waals surface area (Å²) in [6.45, 7) is 4.26. The van der Waals surface area contributed by atoms with Crippen LogP contribution in [0.25, 0.3) is 0 Å². The van der Waals surface area contributed by atoms with Crippen LogP contribution in [0.4, 0.5) is 5.69 Å². The van der Waals surface area contributed by atoms with Gasteiger partial charge in [0.1, 0.15) is 12.4 Å². The van der Waals surface area contributed by atoms with Gasteiger partial charge in [-0.3, -0.25) is 9.69 Å². The molecule has 6 heteroatoms. The monoisotopic (exact) mass is 306 g/mol. The molecule has 2 aromatic rings. The number of carbonyl (C=O) groups is 1. The van der Waals surface area contributed by atoms with Gasteiger partial charge >= 0.3 is 0 Å². The Morgan fingerprint density at radius 2 is 2.33 bits per heavy atom. The van der Waals surface area contributed by atoms with Crippen molar-refractivity contribution in [1.82, 2.24) is 4.98 Å². The van der Waals surface area contributed by atoms with Crippen LogP contribution < -0.4 is 9.64 Å². The number of nitrogens with zero attached hydrogens (tertiary/aromatic N) is 2. The van der Waals surface area contributed by atoms with Crippen LogP contribution >= 0.6 is 11.6 Å². The molecule has 1 aromatic heterocycles. The Morgan fingerprint density at radius 3 is 3.05 bits per heavy atom. The molecule has 2 heterocycles. The number of ether oxygens (including phenoxy) is 1. The van der Waals surface area contributed by atoms with Crippen LogP contribution in [0.2, 0.25) is 5.02 Å². The number of aryl methyl sites for hydroxylation is 1. The maximum Gasteiger partial charge on any atom is 0.280 e. The van der Waals surface area contributed by atoms with Crippen LogP contribution in [0, 0.1) is 0 Å². The van der Waals surface area contributed by atoms with Crippen LogP contribution in [-0.4, -0.2) is 23.5 Å². The molecular weight excluding hydrogens is 292 g/mol. The highest BCUT2D eigenvalue weighted by molar-refractivity contribution is 6.32. The summed E-state index contributed by atoms with van der Waals surface area (Å²) >= 11 is 6.15. The van der Waals surface area contributed by atoms with E-state index in [0.29, 0.717) is 41.0 Å². The van der Waals surface area contributed by atoms with Crippen molar-refractivity contribution < 1.29 is 13.9 Å². The van der Waals surface area contributed by atoms with Crippen molar-refractivity contribution in [3.63, 3.8) is 0 Å². The number of carbonyl (C=O) groups excluding carboxylic acids is 1. The molecule has 1 amide bonds. The number of halogens is 1. The first kappa shape index (κ1) is 13.9. The fourth-order valence-corrected chi connectivity index (χ4v) is 2.54.